The van der Waals surface area contributed by atoms with E-state index in [9.17, 15) is 14.7 Å². The molecule has 0 saturated heterocycles. The number of allylic oxidation sites excluding steroid dienone is 22. The molecule has 0 aromatic heterocycles. The van der Waals surface area contributed by atoms with Crippen LogP contribution in [0.15, 0.2) is 134 Å². The molecule has 0 aliphatic heterocycles. The van der Waals surface area contributed by atoms with E-state index < -0.39 is 6.10 Å². The van der Waals surface area contributed by atoms with Gasteiger partial charge in [-0.05, 0) is 103 Å². The maximum Gasteiger partial charge on any atom is 0.306 e. The lowest BCUT2D eigenvalue weighted by Gasteiger charge is -2.15. The summed E-state index contributed by atoms with van der Waals surface area (Å²) in [7, 11) is 0. The van der Waals surface area contributed by atoms with Crippen LogP contribution in [0.2, 0.25) is 0 Å². The molecule has 0 heterocycles. The molecular weight excluding hydrogens is 741 g/mol. The summed E-state index contributed by atoms with van der Waals surface area (Å²) in [5.41, 5.74) is 0. The minimum absolute atomic E-state index is 0.106. The third-order valence-electron chi connectivity index (χ3n) is 9.44. The van der Waals surface area contributed by atoms with Crippen molar-refractivity contribution in [1.82, 2.24) is 0 Å². The number of carbonyl (C=O) groups excluding carboxylic acids is 2. The fourth-order valence-corrected chi connectivity index (χ4v) is 5.95. The van der Waals surface area contributed by atoms with Crippen molar-refractivity contribution in [3.05, 3.63) is 134 Å². The maximum absolute atomic E-state index is 12.2. The molecule has 0 aliphatic carbocycles. The first-order valence-corrected chi connectivity index (χ1v) is 23.7. The van der Waals surface area contributed by atoms with Gasteiger partial charge in [-0.3, -0.25) is 9.59 Å². The van der Waals surface area contributed by atoms with E-state index in [-0.39, 0.29) is 25.2 Å². The number of ether oxygens (including phenoxy) is 2. The first-order chi connectivity index (χ1) is 29.6. The normalized spacial score (nSPS) is 13.4. The fourth-order valence-electron chi connectivity index (χ4n) is 5.95. The second-order valence-electron chi connectivity index (χ2n) is 15.1. The highest BCUT2D eigenvalue weighted by molar-refractivity contribution is 5.70. The summed E-state index contributed by atoms with van der Waals surface area (Å²) < 4.78 is 10.6. The number of esters is 2. The average molecular weight is 827 g/mol. The van der Waals surface area contributed by atoms with E-state index in [1.807, 2.05) is 0 Å². The minimum atomic E-state index is -0.807. The van der Waals surface area contributed by atoms with Crippen molar-refractivity contribution < 1.29 is 24.2 Å². The molecule has 0 aromatic carbocycles. The third kappa shape index (κ3) is 46.7. The number of aliphatic hydroxyl groups excluding tert-OH is 1. The summed E-state index contributed by atoms with van der Waals surface area (Å²) in [4.78, 5) is 24.4. The summed E-state index contributed by atoms with van der Waals surface area (Å²) in [6, 6.07) is 0. The van der Waals surface area contributed by atoms with E-state index in [0.717, 1.165) is 96.3 Å². The standard InChI is InChI=1S/C55H86O5/c1-3-5-7-9-11-13-15-17-19-21-22-23-24-25-26-27-28-29-30-31-32-34-36-38-40-42-44-46-48-50-55(58)60-53(51-56)52-59-54(57)49-47-45-43-41-39-37-35-33-20-18-16-14-12-10-8-6-4-2/h5-8,11-14,17-20,22-23,25-26,28-29,35,37,41,43,53,56H,3-4,9-10,15-16,21,24,27,30-34,36,38-40,42,44-52H2,1-2H3/b7-5-,8-6-,13-11-,14-12-,19-17-,20-18-,23-22-,26-25-,29-28-,37-35-,43-41-. The molecule has 5 heteroatoms. The molecule has 1 atom stereocenters. The summed E-state index contributed by atoms with van der Waals surface area (Å²) in [6.45, 7) is 3.84. The van der Waals surface area contributed by atoms with Crippen LogP contribution in [0.3, 0.4) is 0 Å². The Kier molecular flexibility index (Phi) is 46.1. The van der Waals surface area contributed by atoms with Crippen molar-refractivity contribution in [2.75, 3.05) is 13.2 Å². The van der Waals surface area contributed by atoms with E-state index in [1.54, 1.807) is 0 Å². The van der Waals surface area contributed by atoms with Crippen LogP contribution in [0.1, 0.15) is 181 Å². The molecule has 0 radical (unpaired) electrons. The highest BCUT2D eigenvalue weighted by Gasteiger charge is 2.16. The maximum atomic E-state index is 12.2. The Hall–Kier alpha value is -3.96. The molecule has 60 heavy (non-hydrogen) atoms. The molecule has 0 spiro atoms. The average Bonchev–Trinajstić information content (AvgIpc) is 3.25. The summed E-state index contributed by atoms with van der Waals surface area (Å²) in [5.74, 6) is -0.676. The lowest BCUT2D eigenvalue weighted by Crippen LogP contribution is -2.28. The Bertz CT molecular complexity index is 1300. The van der Waals surface area contributed by atoms with Crippen molar-refractivity contribution in [1.29, 1.82) is 0 Å². The number of carbonyl (C=O) groups is 2. The largest absolute Gasteiger partial charge is 0.462 e. The second kappa shape index (κ2) is 49.4. The highest BCUT2D eigenvalue weighted by Crippen LogP contribution is 2.13. The molecule has 0 aliphatic rings. The first-order valence-electron chi connectivity index (χ1n) is 23.7. The Morgan fingerprint density at radius 3 is 1.05 bits per heavy atom. The molecule has 5 nitrogen and oxygen atoms in total. The summed E-state index contributed by atoms with van der Waals surface area (Å²) in [6.07, 6.45) is 73.9. The number of hydrogen-bond acceptors (Lipinski definition) is 5. The lowest BCUT2D eigenvalue weighted by molar-refractivity contribution is -0.161. The number of unbranched alkanes of at least 4 members (excludes halogenated alkanes) is 11. The molecule has 0 rings (SSSR count). The van der Waals surface area contributed by atoms with Gasteiger partial charge in [-0.25, -0.2) is 0 Å². The number of rotatable bonds is 41. The Morgan fingerprint density at radius 1 is 0.383 bits per heavy atom. The van der Waals surface area contributed by atoms with Gasteiger partial charge in [-0.15, -0.1) is 0 Å². The van der Waals surface area contributed by atoms with Gasteiger partial charge in [-0.1, -0.05) is 199 Å². The van der Waals surface area contributed by atoms with E-state index in [4.69, 9.17) is 9.47 Å². The molecule has 0 aromatic rings. The predicted octanol–water partition coefficient (Wildman–Crippen LogP) is 15.7. The van der Waals surface area contributed by atoms with Crippen LogP contribution in [0, 0.1) is 0 Å². The monoisotopic (exact) mass is 827 g/mol. The van der Waals surface area contributed by atoms with Crippen LogP contribution in [0.25, 0.3) is 0 Å². The van der Waals surface area contributed by atoms with Crippen molar-refractivity contribution >= 4 is 11.9 Å². The second-order valence-corrected chi connectivity index (χ2v) is 15.1. The van der Waals surface area contributed by atoms with Gasteiger partial charge in [0.05, 0.1) is 6.61 Å². The molecule has 1 N–H and O–H groups in total. The zero-order valence-corrected chi connectivity index (χ0v) is 38.2. The zero-order valence-electron chi connectivity index (χ0n) is 38.2. The van der Waals surface area contributed by atoms with Crippen LogP contribution in [0.5, 0.6) is 0 Å². The van der Waals surface area contributed by atoms with Crippen molar-refractivity contribution in [3.63, 3.8) is 0 Å². The Balaban J connectivity index is 3.64. The van der Waals surface area contributed by atoms with Crippen LogP contribution >= 0.6 is 0 Å². The predicted molar refractivity (Wildman–Crippen MR) is 260 cm³/mol. The van der Waals surface area contributed by atoms with Crippen LogP contribution in [-0.4, -0.2) is 36.4 Å². The number of hydrogen-bond donors (Lipinski definition) is 1. The molecule has 1 unspecified atom stereocenters. The van der Waals surface area contributed by atoms with Gasteiger partial charge in [0.25, 0.3) is 0 Å². The Morgan fingerprint density at radius 2 is 0.683 bits per heavy atom. The van der Waals surface area contributed by atoms with Gasteiger partial charge in [0.2, 0.25) is 0 Å². The van der Waals surface area contributed by atoms with Crippen LogP contribution in [-0.2, 0) is 19.1 Å². The van der Waals surface area contributed by atoms with E-state index in [1.165, 1.54) is 51.4 Å². The molecule has 0 saturated carbocycles. The first kappa shape index (κ1) is 56.0. The van der Waals surface area contributed by atoms with Gasteiger partial charge in [0, 0.05) is 12.8 Å². The quantitative estimate of drug-likeness (QED) is 0.0378. The van der Waals surface area contributed by atoms with Gasteiger partial charge in [0.15, 0.2) is 6.10 Å². The van der Waals surface area contributed by atoms with Gasteiger partial charge >= 0.3 is 11.9 Å². The van der Waals surface area contributed by atoms with E-state index in [2.05, 4.69) is 148 Å². The van der Waals surface area contributed by atoms with Gasteiger partial charge in [0.1, 0.15) is 6.61 Å². The topological polar surface area (TPSA) is 72.8 Å². The molecule has 336 valence electrons. The van der Waals surface area contributed by atoms with E-state index in [0.29, 0.717) is 19.3 Å². The minimum Gasteiger partial charge on any atom is -0.462 e. The number of aliphatic hydroxyl groups is 1. The van der Waals surface area contributed by atoms with Gasteiger partial charge < -0.3 is 14.6 Å². The smallest absolute Gasteiger partial charge is 0.306 e. The van der Waals surface area contributed by atoms with Crippen molar-refractivity contribution in [2.24, 2.45) is 0 Å². The van der Waals surface area contributed by atoms with E-state index >= 15 is 0 Å². The summed E-state index contributed by atoms with van der Waals surface area (Å²) >= 11 is 0. The zero-order chi connectivity index (χ0) is 43.5. The Labute approximate surface area is 368 Å². The van der Waals surface area contributed by atoms with Crippen LogP contribution in [0.4, 0.5) is 0 Å². The summed E-state index contributed by atoms with van der Waals surface area (Å²) in [5, 5.41) is 9.60. The van der Waals surface area contributed by atoms with Gasteiger partial charge in [-0.2, -0.15) is 0 Å². The fraction of sp³-hybridized carbons (Fsp3) is 0.564. The van der Waals surface area contributed by atoms with Crippen molar-refractivity contribution in [3.8, 4) is 0 Å². The van der Waals surface area contributed by atoms with Crippen molar-refractivity contribution in [2.45, 2.75) is 187 Å². The molecule has 0 fully saturated rings. The SMILES string of the molecule is CC/C=C\C/C=C\C/C=C\C/C=C\C/C=C\C/C=C\CCCCCCCCCCCCC(=O)OC(CO)COC(=O)CCC/C=C\C/C=C\C/C=C\C/C=C\C/C=C\CC. The highest BCUT2D eigenvalue weighted by atomic mass is 16.6. The molecule has 0 bridgehead atoms. The third-order valence-corrected chi connectivity index (χ3v) is 9.44. The molecule has 0 amide bonds. The lowest BCUT2D eigenvalue weighted by atomic mass is 10.0. The molecular formula is C55H86O5. The van der Waals surface area contributed by atoms with Crippen LogP contribution < -0.4 is 0 Å².